The van der Waals surface area contributed by atoms with E-state index in [1.54, 1.807) is 0 Å². The third-order valence-electron chi connectivity index (χ3n) is 4.88. The molecule has 5 rings (SSSR count). The van der Waals surface area contributed by atoms with Gasteiger partial charge in [0.25, 0.3) is 5.56 Å². The topological polar surface area (TPSA) is 93.4 Å². The minimum absolute atomic E-state index is 0.147. The number of hydrogen-bond acceptors (Lipinski definition) is 5. The van der Waals surface area contributed by atoms with Gasteiger partial charge in [-0.2, -0.15) is 5.10 Å². The van der Waals surface area contributed by atoms with Crippen molar-refractivity contribution in [2.24, 2.45) is 0 Å². The number of imidazole rings is 1. The molecule has 0 spiro atoms. The first-order valence-electron chi connectivity index (χ1n) is 8.99. The highest BCUT2D eigenvalue weighted by Crippen LogP contribution is 2.36. The van der Waals surface area contributed by atoms with Gasteiger partial charge in [-0.25, -0.2) is 9.97 Å². The van der Waals surface area contributed by atoms with Crippen LogP contribution in [0, 0.1) is 0 Å². The first kappa shape index (κ1) is 15.8. The van der Waals surface area contributed by atoms with E-state index in [9.17, 15) is 4.79 Å². The van der Waals surface area contributed by atoms with E-state index < -0.39 is 0 Å². The van der Waals surface area contributed by atoms with Gasteiger partial charge in [-0.3, -0.25) is 9.48 Å². The number of aromatic amines is 1. The molecule has 0 radical (unpaired) electrons. The van der Waals surface area contributed by atoms with Crippen molar-refractivity contribution in [3.63, 3.8) is 0 Å². The number of H-pyrrole nitrogens is 1. The van der Waals surface area contributed by atoms with E-state index in [0.29, 0.717) is 10.9 Å². The summed E-state index contributed by atoms with van der Waals surface area (Å²) in [5.74, 6) is 0.833. The fourth-order valence-corrected chi connectivity index (χ4v) is 3.52. The Kier molecular flexibility index (Phi) is 3.40. The lowest BCUT2D eigenvalue weighted by Crippen LogP contribution is -2.06. The van der Waals surface area contributed by atoms with Crippen LogP contribution in [0.3, 0.4) is 0 Å². The van der Waals surface area contributed by atoms with Gasteiger partial charge < -0.3 is 14.9 Å². The van der Waals surface area contributed by atoms with Crippen molar-refractivity contribution in [1.82, 2.24) is 29.3 Å². The quantitative estimate of drug-likeness (QED) is 0.585. The molecule has 0 atom stereocenters. The molecule has 27 heavy (non-hydrogen) atoms. The molecule has 0 bridgehead atoms. The van der Waals surface area contributed by atoms with Crippen LogP contribution in [0.4, 0.5) is 5.95 Å². The number of rotatable bonds is 3. The van der Waals surface area contributed by atoms with Crippen molar-refractivity contribution in [3.8, 4) is 22.6 Å². The molecule has 4 aromatic rings. The van der Waals surface area contributed by atoms with Crippen LogP contribution in [0.1, 0.15) is 19.9 Å². The summed E-state index contributed by atoms with van der Waals surface area (Å²) < 4.78 is 4.07. The molecule has 1 aliphatic rings. The monoisotopic (exact) mass is 361 g/mol. The Morgan fingerprint density at radius 2 is 2.11 bits per heavy atom. The summed E-state index contributed by atoms with van der Waals surface area (Å²) in [7, 11) is 0. The minimum atomic E-state index is -0.147. The van der Waals surface area contributed by atoms with Gasteiger partial charge in [0.05, 0.1) is 22.9 Å². The Hall–Kier alpha value is -3.42. The van der Waals surface area contributed by atoms with Crippen LogP contribution in [-0.2, 0) is 6.54 Å². The Labute approximate surface area is 154 Å². The van der Waals surface area contributed by atoms with E-state index in [-0.39, 0.29) is 11.6 Å². The molecule has 0 saturated heterocycles. The Bertz CT molecular complexity index is 1210. The summed E-state index contributed by atoms with van der Waals surface area (Å²) in [6.45, 7) is 5.85. The molecule has 0 saturated carbocycles. The molecule has 0 fully saturated rings. The molecular formula is C19H19N7O. The first-order valence-corrected chi connectivity index (χ1v) is 8.99. The lowest BCUT2D eigenvalue weighted by atomic mass is 10.1. The van der Waals surface area contributed by atoms with Gasteiger partial charge in [-0.15, -0.1) is 0 Å². The number of hydrogen-bond donors (Lipinski definition) is 2. The summed E-state index contributed by atoms with van der Waals surface area (Å²) in [4.78, 5) is 23.9. The Balaban J connectivity index is 1.74. The normalized spacial score (nSPS) is 13.3. The fraction of sp³-hybridized carbons (Fsp3) is 0.263. The molecule has 2 N–H and O–H groups in total. The summed E-state index contributed by atoms with van der Waals surface area (Å²) in [5, 5.41) is 8.57. The van der Waals surface area contributed by atoms with Crippen LogP contribution in [0.2, 0.25) is 0 Å². The predicted molar refractivity (Wildman–Crippen MR) is 104 cm³/mol. The highest BCUT2D eigenvalue weighted by atomic mass is 16.1. The fourth-order valence-electron chi connectivity index (χ4n) is 3.52. The molecule has 4 heterocycles. The van der Waals surface area contributed by atoms with Crippen molar-refractivity contribution in [2.75, 3.05) is 11.9 Å². The van der Waals surface area contributed by atoms with E-state index in [1.807, 2.05) is 35.1 Å². The van der Waals surface area contributed by atoms with E-state index >= 15 is 0 Å². The summed E-state index contributed by atoms with van der Waals surface area (Å²) >= 11 is 0. The van der Waals surface area contributed by atoms with Gasteiger partial charge in [-0.05, 0) is 32.0 Å². The van der Waals surface area contributed by atoms with Crippen LogP contribution < -0.4 is 10.9 Å². The summed E-state index contributed by atoms with van der Waals surface area (Å²) in [6, 6.07) is 8.00. The van der Waals surface area contributed by atoms with E-state index in [1.165, 1.54) is 6.33 Å². The second kappa shape index (κ2) is 5.80. The molecule has 3 aromatic heterocycles. The highest BCUT2D eigenvalue weighted by Gasteiger charge is 2.24. The first-order chi connectivity index (χ1) is 13.1. The van der Waals surface area contributed by atoms with Gasteiger partial charge in [0.2, 0.25) is 5.95 Å². The SMILES string of the molecule is CC(C)n1ccc(-c2nc3n(c2-c2ccc4nc[nH]c(=O)c4c2)CCN3)n1. The van der Waals surface area contributed by atoms with E-state index in [2.05, 4.69) is 33.7 Å². The molecule has 0 unspecified atom stereocenters. The Morgan fingerprint density at radius 3 is 2.93 bits per heavy atom. The van der Waals surface area contributed by atoms with E-state index in [0.717, 1.165) is 41.7 Å². The van der Waals surface area contributed by atoms with Crippen LogP contribution in [0.25, 0.3) is 33.5 Å². The van der Waals surface area contributed by atoms with Gasteiger partial charge in [0.15, 0.2) is 0 Å². The van der Waals surface area contributed by atoms with Gasteiger partial charge >= 0.3 is 0 Å². The molecule has 8 nitrogen and oxygen atoms in total. The van der Waals surface area contributed by atoms with Gasteiger partial charge in [-0.1, -0.05) is 6.07 Å². The number of anilines is 1. The van der Waals surface area contributed by atoms with Crippen LogP contribution >= 0.6 is 0 Å². The molecular weight excluding hydrogens is 342 g/mol. The van der Waals surface area contributed by atoms with Crippen molar-refractivity contribution >= 4 is 16.9 Å². The number of fused-ring (bicyclic) bond motifs is 2. The summed E-state index contributed by atoms with van der Waals surface area (Å²) in [6.07, 6.45) is 3.39. The number of benzene rings is 1. The van der Waals surface area contributed by atoms with Crippen molar-refractivity contribution < 1.29 is 0 Å². The second-order valence-corrected chi connectivity index (χ2v) is 6.95. The molecule has 136 valence electrons. The number of aromatic nitrogens is 6. The average Bonchev–Trinajstić information content (AvgIpc) is 3.37. The highest BCUT2D eigenvalue weighted by molar-refractivity contribution is 5.87. The average molecular weight is 361 g/mol. The van der Waals surface area contributed by atoms with Gasteiger partial charge in [0, 0.05) is 30.9 Å². The van der Waals surface area contributed by atoms with Crippen LogP contribution in [-0.4, -0.2) is 35.8 Å². The third-order valence-corrected chi connectivity index (χ3v) is 4.88. The standard InChI is InChI=1S/C19H19N7O/c1-11(2)26-7-5-15(24-26)16-17(25-8-6-20-19(25)23-16)12-3-4-14-13(9-12)18(27)22-10-21-14/h3-5,7,9-11H,6,8H2,1-2H3,(H,20,23)(H,21,22,27). The van der Waals surface area contributed by atoms with Crippen LogP contribution in [0.5, 0.6) is 0 Å². The molecule has 1 aromatic carbocycles. The van der Waals surface area contributed by atoms with Crippen molar-refractivity contribution in [1.29, 1.82) is 0 Å². The lowest BCUT2D eigenvalue weighted by Gasteiger charge is -2.08. The number of nitrogens with zero attached hydrogens (tertiary/aromatic N) is 5. The van der Waals surface area contributed by atoms with E-state index in [4.69, 9.17) is 10.1 Å². The minimum Gasteiger partial charge on any atom is -0.354 e. The third kappa shape index (κ3) is 2.44. The Morgan fingerprint density at radius 1 is 1.22 bits per heavy atom. The molecule has 1 aliphatic heterocycles. The lowest BCUT2D eigenvalue weighted by molar-refractivity contribution is 0.534. The smallest absolute Gasteiger partial charge is 0.258 e. The maximum Gasteiger partial charge on any atom is 0.258 e. The van der Waals surface area contributed by atoms with Crippen molar-refractivity contribution in [3.05, 3.63) is 47.1 Å². The molecule has 8 heteroatoms. The zero-order valence-corrected chi connectivity index (χ0v) is 15.1. The van der Waals surface area contributed by atoms with Crippen LogP contribution in [0.15, 0.2) is 41.6 Å². The molecule has 0 aliphatic carbocycles. The molecule has 0 amide bonds. The largest absolute Gasteiger partial charge is 0.354 e. The number of nitrogens with one attached hydrogen (secondary N) is 2. The predicted octanol–water partition coefficient (Wildman–Crippen LogP) is 2.66. The zero-order valence-electron chi connectivity index (χ0n) is 15.1. The maximum atomic E-state index is 12.2. The van der Waals surface area contributed by atoms with Gasteiger partial charge in [0.1, 0.15) is 11.4 Å². The second-order valence-electron chi connectivity index (χ2n) is 6.95. The zero-order chi connectivity index (χ0) is 18.5. The van der Waals surface area contributed by atoms with Crippen molar-refractivity contribution in [2.45, 2.75) is 26.4 Å². The maximum absolute atomic E-state index is 12.2. The summed E-state index contributed by atoms with van der Waals surface area (Å²) in [5.41, 5.74) is 4.06.